The minimum atomic E-state index is -0.543. The summed E-state index contributed by atoms with van der Waals surface area (Å²) in [4.78, 5) is 49.3. The van der Waals surface area contributed by atoms with Crippen molar-refractivity contribution in [1.29, 1.82) is 0 Å². The minimum Gasteiger partial charge on any atom is -0.473 e. The number of amides is 2. The zero-order valence-electron chi connectivity index (χ0n) is 26.8. The minimum absolute atomic E-state index is 0.0252. The van der Waals surface area contributed by atoms with Crippen molar-refractivity contribution in [3.05, 3.63) is 34.0 Å². The molecule has 0 unspecified atom stereocenters. The van der Waals surface area contributed by atoms with Gasteiger partial charge in [0.25, 0.3) is 5.91 Å². The number of piperidine rings is 1. The number of hydrogen-bond acceptors (Lipinski definition) is 11. The van der Waals surface area contributed by atoms with E-state index in [1.54, 1.807) is 10.6 Å². The van der Waals surface area contributed by atoms with Crippen LogP contribution in [0.4, 0.5) is 16.3 Å². The van der Waals surface area contributed by atoms with Gasteiger partial charge in [-0.15, -0.1) is 11.3 Å². The van der Waals surface area contributed by atoms with Crippen LogP contribution in [0.2, 0.25) is 0 Å². The highest BCUT2D eigenvalue weighted by molar-refractivity contribution is 7.13. The Bertz CT molecular complexity index is 1670. The van der Waals surface area contributed by atoms with Gasteiger partial charge in [0.1, 0.15) is 23.5 Å². The quantitative estimate of drug-likeness (QED) is 0.333. The second kappa shape index (κ2) is 12.9. The molecule has 6 rings (SSSR count). The number of nitrogens with one attached hydrogen (secondary N) is 2. The molecule has 1 saturated heterocycles. The van der Waals surface area contributed by atoms with Gasteiger partial charge in [0.2, 0.25) is 5.88 Å². The van der Waals surface area contributed by atoms with Gasteiger partial charge < -0.3 is 30.7 Å². The first-order valence-electron chi connectivity index (χ1n) is 16.0. The summed E-state index contributed by atoms with van der Waals surface area (Å²) in [6, 6.07) is 1.95. The number of nitrogens with zero attached hydrogens (tertiary/aromatic N) is 5. The van der Waals surface area contributed by atoms with Gasteiger partial charge in [0.15, 0.2) is 16.5 Å². The maximum Gasteiger partial charge on any atom is 0.407 e. The number of allylic oxidation sites excluding steroid dienone is 2. The predicted molar refractivity (Wildman–Crippen MR) is 175 cm³/mol. The molecular formula is C32H42N8O5S. The lowest BCUT2D eigenvalue weighted by atomic mass is 9.93. The Morgan fingerprint density at radius 2 is 1.87 bits per heavy atom. The maximum absolute atomic E-state index is 13.6. The second-order valence-corrected chi connectivity index (χ2v) is 14.5. The predicted octanol–water partition coefficient (Wildman–Crippen LogP) is 4.44. The Kier molecular flexibility index (Phi) is 8.90. The molecular weight excluding hydrogens is 608 g/mol. The highest BCUT2D eigenvalue weighted by Crippen LogP contribution is 2.36. The number of rotatable bonds is 7. The van der Waals surface area contributed by atoms with E-state index in [4.69, 9.17) is 15.2 Å². The third-order valence-electron chi connectivity index (χ3n) is 8.55. The molecule has 0 bridgehead atoms. The number of fused-ring (bicyclic) bond motifs is 1. The molecule has 14 heteroatoms. The summed E-state index contributed by atoms with van der Waals surface area (Å²) in [5.74, 6) is 0.638. The van der Waals surface area contributed by atoms with Crippen LogP contribution in [0.25, 0.3) is 11.1 Å². The number of thiazole rings is 1. The van der Waals surface area contributed by atoms with Gasteiger partial charge in [0.05, 0.1) is 16.4 Å². The zero-order chi connectivity index (χ0) is 32.6. The van der Waals surface area contributed by atoms with Crippen LogP contribution in [0.3, 0.4) is 0 Å². The molecule has 0 spiro atoms. The van der Waals surface area contributed by atoms with Crippen molar-refractivity contribution in [2.24, 2.45) is 0 Å². The number of aryl methyl sites for hydroxylation is 1. The summed E-state index contributed by atoms with van der Waals surface area (Å²) in [7, 11) is 0. The van der Waals surface area contributed by atoms with E-state index in [1.165, 1.54) is 17.7 Å². The average molecular weight is 651 g/mol. The lowest BCUT2D eigenvalue weighted by molar-refractivity contribution is -0.114. The highest BCUT2D eigenvalue weighted by Gasteiger charge is 2.31. The number of nitrogen functional groups attached to an aromatic ring is 1. The molecule has 3 aliphatic rings. The topological polar surface area (TPSA) is 166 Å². The van der Waals surface area contributed by atoms with Crippen LogP contribution < -0.4 is 26.0 Å². The fourth-order valence-electron chi connectivity index (χ4n) is 6.47. The Hall–Kier alpha value is -4.20. The smallest absolute Gasteiger partial charge is 0.407 e. The largest absolute Gasteiger partial charge is 0.473 e. The van der Waals surface area contributed by atoms with Crippen molar-refractivity contribution in [2.45, 2.75) is 103 Å². The third kappa shape index (κ3) is 7.11. The molecule has 4 heterocycles. The average Bonchev–Trinajstić information content (AvgIpc) is 3.70. The number of carbonyl (C=O) groups excluding carboxylic acids is 3. The van der Waals surface area contributed by atoms with Gasteiger partial charge in [-0.05, 0) is 90.4 Å². The molecule has 0 aromatic carbocycles. The second-order valence-electron chi connectivity index (χ2n) is 13.3. The van der Waals surface area contributed by atoms with Crippen LogP contribution >= 0.6 is 11.3 Å². The lowest BCUT2D eigenvalue weighted by Gasteiger charge is -2.34. The van der Waals surface area contributed by atoms with Crippen molar-refractivity contribution < 1.29 is 23.9 Å². The first-order valence-corrected chi connectivity index (χ1v) is 16.8. The first kappa shape index (κ1) is 31.8. The van der Waals surface area contributed by atoms with Crippen molar-refractivity contribution in [3.8, 4) is 5.88 Å². The number of anilines is 2. The van der Waals surface area contributed by atoms with Crippen molar-refractivity contribution in [3.63, 3.8) is 0 Å². The van der Waals surface area contributed by atoms with E-state index in [-0.39, 0.29) is 29.9 Å². The maximum atomic E-state index is 13.6. The van der Waals surface area contributed by atoms with Crippen LogP contribution in [0.15, 0.2) is 18.5 Å². The van der Waals surface area contributed by atoms with Gasteiger partial charge >= 0.3 is 6.09 Å². The monoisotopic (exact) mass is 650 g/mol. The highest BCUT2D eigenvalue weighted by atomic mass is 32.1. The molecule has 1 aliphatic heterocycles. The fourth-order valence-corrected chi connectivity index (χ4v) is 7.23. The summed E-state index contributed by atoms with van der Waals surface area (Å²) >= 11 is 1.33. The van der Waals surface area contributed by atoms with Crippen molar-refractivity contribution >= 4 is 51.7 Å². The van der Waals surface area contributed by atoms with E-state index in [0.29, 0.717) is 41.5 Å². The van der Waals surface area contributed by atoms with E-state index >= 15 is 0 Å². The van der Waals surface area contributed by atoms with E-state index in [9.17, 15) is 14.4 Å². The Morgan fingerprint density at radius 1 is 1.09 bits per heavy atom. The zero-order valence-corrected chi connectivity index (χ0v) is 27.6. The number of hydrogen-bond donors (Lipinski definition) is 3. The molecule has 46 heavy (non-hydrogen) atoms. The Morgan fingerprint density at radius 3 is 2.59 bits per heavy atom. The molecule has 3 aromatic rings. The first-order chi connectivity index (χ1) is 21.9. The molecule has 4 N–H and O–H groups in total. The normalized spacial score (nSPS) is 22.1. The van der Waals surface area contributed by atoms with Gasteiger partial charge in [-0.3, -0.25) is 9.59 Å². The number of ether oxygens (including phenoxy) is 2. The number of nitrogens with two attached hydrogens (primary N) is 1. The molecule has 2 fully saturated rings. The summed E-state index contributed by atoms with van der Waals surface area (Å²) in [5, 5.41) is 11.4. The van der Waals surface area contributed by atoms with Crippen LogP contribution in [-0.2, 0) is 9.53 Å². The SMILES string of the molecule is Cc1nc(OC2CCC(NC(=O)OC(C)(C)C)CC2)c(C(=O)N[C@@H]2CCCN(c3cc(C4=CC(=O)CC4)n4ncnc(N)c34)C2)s1. The van der Waals surface area contributed by atoms with Crippen LogP contribution in [0.1, 0.15) is 92.5 Å². The number of alkyl carbamates (subject to hydrolysis) is 1. The van der Waals surface area contributed by atoms with E-state index < -0.39 is 11.7 Å². The Balaban J connectivity index is 1.10. The molecule has 2 amide bonds. The number of ketones is 1. The van der Waals surface area contributed by atoms with E-state index in [0.717, 1.165) is 67.0 Å². The van der Waals surface area contributed by atoms with Crippen LogP contribution in [0, 0.1) is 6.92 Å². The summed E-state index contributed by atoms with van der Waals surface area (Å²) in [6.45, 7) is 8.77. The fraction of sp³-hybridized carbons (Fsp3) is 0.562. The molecule has 13 nitrogen and oxygen atoms in total. The summed E-state index contributed by atoms with van der Waals surface area (Å²) in [6.07, 6.45) is 8.46. The molecule has 1 saturated carbocycles. The molecule has 3 aromatic heterocycles. The number of aromatic nitrogens is 4. The summed E-state index contributed by atoms with van der Waals surface area (Å²) < 4.78 is 13.4. The number of carbonyl (C=O) groups is 3. The van der Waals surface area contributed by atoms with Crippen LogP contribution in [-0.4, -0.2) is 74.2 Å². The third-order valence-corrected chi connectivity index (χ3v) is 9.50. The van der Waals surface area contributed by atoms with Gasteiger partial charge in [-0.25, -0.2) is 19.3 Å². The standard InChI is InChI=1S/C32H42N8O5S/c1-18-36-30(44-23-11-8-20(9-12-23)38-31(43)45-32(2,3)4)27(46-18)29(42)37-21-6-5-13-39(16-21)25-15-24(19-7-10-22(41)14-19)40-26(25)28(33)34-17-35-40/h14-15,17,20-21,23H,5-13,16H2,1-4H3,(H,37,42)(H,38,43)(H2,33,34,35)/t20?,21-,23?/m1/s1. The summed E-state index contributed by atoms with van der Waals surface area (Å²) in [5.41, 5.74) is 9.17. The van der Waals surface area contributed by atoms with Crippen molar-refractivity contribution in [2.75, 3.05) is 23.7 Å². The van der Waals surface area contributed by atoms with E-state index in [2.05, 4.69) is 30.6 Å². The Labute approximate surface area is 271 Å². The van der Waals surface area contributed by atoms with Crippen molar-refractivity contribution in [1.82, 2.24) is 30.2 Å². The molecule has 0 radical (unpaired) electrons. The molecule has 2 aliphatic carbocycles. The van der Waals surface area contributed by atoms with Gasteiger partial charge in [-0.1, -0.05) is 0 Å². The molecule has 246 valence electrons. The van der Waals surface area contributed by atoms with Gasteiger partial charge in [-0.2, -0.15) is 5.10 Å². The lowest BCUT2D eigenvalue weighted by Crippen LogP contribution is -2.47. The van der Waals surface area contributed by atoms with E-state index in [1.807, 2.05) is 33.8 Å². The molecule has 1 atom stereocenters. The van der Waals surface area contributed by atoms with Crippen LogP contribution in [0.5, 0.6) is 5.88 Å². The van der Waals surface area contributed by atoms with Gasteiger partial charge in [0, 0.05) is 31.6 Å².